The predicted molar refractivity (Wildman–Crippen MR) is 103 cm³/mol. The number of hydrogen-bond acceptors (Lipinski definition) is 3. The number of alkyl halides is 25. The van der Waals surface area contributed by atoms with Gasteiger partial charge in [-0.15, -0.1) is 0 Å². The van der Waals surface area contributed by atoms with Crippen LogP contribution in [0.3, 0.4) is 0 Å². The molecule has 0 bridgehead atoms. The fourth-order valence-corrected chi connectivity index (χ4v) is 2.88. The SMILES string of the molecule is C=CC(=O)Oc1ccc(OC(F)(F)C(F)(F)C(F)(F)C(F)(F)C(F)(F)C(F)(F)C(F)(F)C(F)(F)C(F)(F)C(F)(F)C(F)(F)C(F)(F)F)cc1. The van der Waals surface area contributed by atoms with Crippen LogP contribution < -0.4 is 9.47 Å². The molecule has 0 aliphatic carbocycles. The second-order valence-electron chi connectivity index (χ2n) is 8.96. The molecule has 0 heterocycles. The van der Waals surface area contributed by atoms with Gasteiger partial charge in [0.05, 0.1) is 0 Å². The lowest BCUT2D eigenvalue weighted by molar-refractivity contribution is -0.486. The highest BCUT2D eigenvalue weighted by atomic mass is 19.4. The monoisotopic (exact) mass is 782 g/mol. The van der Waals surface area contributed by atoms with E-state index in [-0.39, 0.29) is 24.3 Å². The summed E-state index contributed by atoms with van der Waals surface area (Å²) < 4.78 is 344. The van der Waals surface area contributed by atoms with E-state index in [0.29, 0.717) is 6.08 Å². The molecule has 284 valence electrons. The zero-order chi connectivity index (χ0) is 39.7. The van der Waals surface area contributed by atoms with Gasteiger partial charge in [-0.25, -0.2) is 4.79 Å². The Morgan fingerprint density at radius 3 is 0.939 bits per heavy atom. The summed E-state index contributed by atoms with van der Waals surface area (Å²) >= 11 is 0. The zero-order valence-electron chi connectivity index (χ0n) is 21.8. The lowest BCUT2D eigenvalue weighted by Crippen LogP contribution is -2.78. The number of benzene rings is 1. The van der Waals surface area contributed by atoms with Gasteiger partial charge in [0.15, 0.2) is 0 Å². The predicted octanol–water partition coefficient (Wildman–Crippen LogP) is 9.66. The van der Waals surface area contributed by atoms with E-state index in [0.717, 1.165) is 0 Å². The quantitative estimate of drug-likeness (QED) is 0.0817. The van der Waals surface area contributed by atoms with Crippen molar-refractivity contribution in [2.24, 2.45) is 0 Å². The minimum Gasteiger partial charge on any atom is -0.428 e. The van der Waals surface area contributed by atoms with Gasteiger partial charge in [-0.2, -0.15) is 110 Å². The first-order valence-electron chi connectivity index (χ1n) is 11.0. The Kier molecular flexibility index (Phi) is 10.5. The topological polar surface area (TPSA) is 35.5 Å². The van der Waals surface area contributed by atoms with Gasteiger partial charge >= 0.3 is 77.5 Å². The van der Waals surface area contributed by atoms with Gasteiger partial charge in [-0.3, -0.25) is 0 Å². The lowest BCUT2D eigenvalue weighted by Gasteiger charge is -2.45. The molecule has 28 heteroatoms. The third kappa shape index (κ3) is 5.92. The normalized spacial score (nSPS) is 15.6. The average molecular weight is 782 g/mol. The largest absolute Gasteiger partial charge is 0.471 e. The van der Waals surface area contributed by atoms with E-state index in [4.69, 9.17) is 0 Å². The van der Waals surface area contributed by atoms with Crippen LogP contribution in [0, 0.1) is 0 Å². The number of halogens is 25. The molecule has 0 aliphatic rings. The maximum Gasteiger partial charge on any atom is 0.471 e. The first-order valence-corrected chi connectivity index (χ1v) is 11.0. The highest BCUT2D eigenvalue weighted by Gasteiger charge is 2.99. The highest BCUT2D eigenvalue weighted by molar-refractivity contribution is 5.83. The Morgan fingerprint density at radius 2 is 0.673 bits per heavy atom. The highest BCUT2D eigenvalue weighted by Crippen LogP contribution is 2.67. The maximum absolute atomic E-state index is 14.0. The van der Waals surface area contributed by atoms with Crippen LogP contribution >= 0.6 is 0 Å². The third-order valence-corrected chi connectivity index (χ3v) is 5.73. The van der Waals surface area contributed by atoms with Crippen LogP contribution in [0.15, 0.2) is 36.9 Å². The summed E-state index contributed by atoms with van der Waals surface area (Å²) in [5, 5.41) is 0. The summed E-state index contributed by atoms with van der Waals surface area (Å²) in [6, 6.07) is 0.377. The lowest BCUT2D eigenvalue weighted by atomic mass is 9.85. The third-order valence-electron chi connectivity index (χ3n) is 5.73. The van der Waals surface area contributed by atoms with Crippen LogP contribution in [0.2, 0.25) is 0 Å². The molecule has 0 fully saturated rings. The Labute approximate surface area is 251 Å². The summed E-state index contributed by atoms with van der Waals surface area (Å²) in [6.07, 6.45) is -15.2. The van der Waals surface area contributed by atoms with Crippen molar-refractivity contribution in [3.63, 3.8) is 0 Å². The maximum atomic E-state index is 14.0. The Hall–Kier alpha value is -3.52. The zero-order valence-corrected chi connectivity index (χ0v) is 21.8. The minimum absolute atomic E-state index is 0.0738. The molecule has 0 amide bonds. The summed E-state index contributed by atoms with van der Waals surface area (Å²) in [5.74, 6) is -96.5. The van der Waals surface area contributed by atoms with E-state index >= 15 is 0 Å². The van der Waals surface area contributed by atoms with Crippen LogP contribution in [0.5, 0.6) is 11.5 Å². The van der Waals surface area contributed by atoms with Crippen LogP contribution in [0.4, 0.5) is 110 Å². The van der Waals surface area contributed by atoms with Crippen molar-refractivity contribution in [1.29, 1.82) is 0 Å². The molecule has 0 aromatic heterocycles. The number of rotatable bonds is 14. The molecule has 0 unspecified atom stereocenters. The molecule has 0 atom stereocenters. The van der Waals surface area contributed by atoms with E-state index in [1.807, 2.05) is 0 Å². The van der Waals surface area contributed by atoms with Gasteiger partial charge in [0.1, 0.15) is 11.5 Å². The van der Waals surface area contributed by atoms with Gasteiger partial charge in [-0.1, -0.05) is 6.58 Å². The van der Waals surface area contributed by atoms with Gasteiger partial charge in [0.2, 0.25) is 0 Å². The first-order chi connectivity index (χ1) is 21.2. The Bertz CT molecular complexity index is 1380. The van der Waals surface area contributed by atoms with Gasteiger partial charge in [0, 0.05) is 6.08 Å². The summed E-state index contributed by atoms with van der Waals surface area (Å²) in [7, 11) is 0. The van der Waals surface area contributed by atoms with E-state index in [2.05, 4.69) is 16.1 Å². The molecule has 1 aromatic rings. The molecule has 0 saturated heterocycles. The summed E-state index contributed by atoms with van der Waals surface area (Å²) in [6.45, 7) is 2.87. The fraction of sp³-hybridized carbons (Fsp3) is 0.571. The van der Waals surface area contributed by atoms with Crippen molar-refractivity contribution in [1.82, 2.24) is 0 Å². The van der Waals surface area contributed by atoms with E-state index in [9.17, 15) is 115 Å². The number of hydrogen-bond donors (Lipinski definition) is 0. The van der Waals surface area contributed by atoms with Crippen molar-refractivity contribution in [3.05, 3.63) is 36.9 Å². The standard InChI is InChI=1S/C21H7F25O3/c1-2-9(47)48-7-3-5-8(6-4-7)49-21(45,46)19(40,41)17(36,37)15(32,33)13(28,29)11(24,25)10(22,23)12(26,27)14(30,31)16(34,35)18(38,39)20(42,43)44/h2-6H,1H2. The van der Waals surface area contributed by atoms with Gasteiger partial charge < -0.3 is 9.47 Å². The van der Waals surface area contributed by atoms with Crippen LogP contribution in [-0.2, 0) is 4.79 Å². The minimum atomic E-state index is -9.66. The molecule has 1 aromatic carbocycles. The molecular weight excluding hydrogens is 775 g/mol. The number of carbonyl (C=O) groups excluding carboxylic acids is 1. The molecular formula is C21H7F25O3. The fourth-order valence-electron chi connectivity index (χ4n) is 2.88. The first kappa shape index (κ1) is 43.5. The molecule has 49 heavy (non-hydrogen) atoms. The van der Waals surface area contributed by atoms with Crippen molar-refractivity contribution in [2.45, 2.75) is 71.5 Å². The van der Waals surface area contributed by atoms with E-state index in [1.54, 1.807) is 0 Å². The van der Waals surface area contributed by atoms with Crippen molar-refractivity contribution in [3.8, 4) is 11.5 Å². The summed E-state index contributed by atoms with van der Waals surface area (Å²) in [4.78, 5) is 11.0. The average Bonchev–Trinajstić information content (AvgIpc) is 2.92. The molecule has 1 rings (SSSR count). The number of carbonyl (C=O) groups is 1. The number of ether oxygens (including phenoxy) is 2. The van der Waals surface area contributed by atoms with E-state index < -0.39 is 89.0 Å². The summed E-state index contributed by atoms with van der Waals surface area (Å²) in [5.41, 5.74) is 0. The van der Waals surface area contributed by atoms with Crippen LogP contribution in [0.25, 0.3) is 0 Å². The van der Waals surface area contributed by atoms with Crippen molar-refractivity contribution in [2.75, 3.05) is 0 Å². The van der Waals surface area contributed by atoms with E-state index in [1.165, 1.54) is 0 Å². The van der Waals surface area contributed by atoms with Crippen LogP contribution in [0.1, 0.15) is 0 Å². The number of esters is 1. The molecule has 0 saturated carbocycles. The molecule has 0 aliphatic heterocycles. The second-order valence-corrected chi connectivity index (χ2v) is 8.96. The van der Waals surface area contributed by atoms with Crippen molar-refractivity contribution >= 4 is 5.97 Å². The second kappa shape index (κ2) is 11.8. The van der Waals surface area contributed by atoms with Crippen LogP contribution in [-0.4, -0.2) is 77.5 Å². The van der Waals surface area contributed by atoms with Crippen molar-refractivity contribution < 1.29 is 124 Å². The molecule has 3 nitrogen and oxygen atoms in total. The Morgan fingerprint density at radius 1 is 0.429 bits per heavy atom. The molecule has 0 N–H and O–H groups in total. The van der Waals surface area contributed by atoms with Gasteiger partial charge in [0.25, 0.3) is 0 Å². The Balaban J connectivity index is 3.75. The smallest absolute Gasteiger partial charge is 0.428 e. The van der Waals surface area contributed by atoms with Gasteiger partial charge in [-0.05, 0) is 24.3 Å². The molecule has 0 spiro atoms. The molecule has 0 radical (unpaired) electrons.